The monoisotopic (exact) mass is 307 g/mol. The predicted octanol–water partition coefficient (Wildman–Crippen LogP) is 3.68. The minimum absolute atomic E-state index is 0.266. The van der Waals surface area contributed by atoms with Gasteiger partial charge in [-0.1, -0.05) is 51.1 Å². The third-order valence-corrected chi connectivity index (χ3v) is 4.62. The summed E-state index contributed by atoms with van der Waals surface area (Å²) < 4.78 is 3.86. The van der Waals surface area contributed by atoms with E-state index < -0.39 is 0 Å². The Bertz CT molecular complexity index is 815. The summed E-state index contributed by atoms with van der Waals surface area (Å²) in [6.45, 7) is 6.54. The van der Waals surface area contributed by atoms with Gasteiger partial charge in [-0.15, -0.1) is 5.10 Å². The number of hydrogen-bond donors (Lipinski definition) is 0. The molecule has 118 valence electrons. The van der Waals surface area contributed by atoms with Crippen LogP contribution < -0.4 is 0 Å². The van der Waals surface area contributed by atoms with Crippen molar-refractivity contribution < 1.29 is 0 Å². The quantitative estimate of drug-likeness (QED) is 0.741. The number of hydrogen-bond acceptors (Lipinski definition) is 3. The second kappa shape index (κ2) is 5.33. The molecule has 4 rings (SSSR count). The van der Waals surface area contributed by atoms with Gasteiger partial charge in [0.05, 0.1) is 12.2 Å². The molecule has 2 aromatic heterocycles. The highest BCUT2D eigenvalue weighted by Gasteiger charge is 2.32. The van der Waals surface area contributed by atoms with Gasteiger partial charge in [0.15, 0.2) is 0 Å². The second-order valence-electron chi connectivity index (χ2n) is 6.65. The third-order valence-electron chi connectivity index (χ3n) is 4.62. The molecule has 1 aliphatic rings. The molecule has 0 unspecified atom stereocenters. The van der Waals surface area contributed by atoms with Crippen LogP contribution in [0.4, 0.5) is 0 Å². The van der Waals surface area contributed by atoms with E-state index in [9.17, 15) is 0 Å². The van der Waals surface area contributed by atoms with E-state index >= 15 is 0 Å². The molecule has 3 heterocycles. The highest BCUT2D eigenvalue weighted by atomic mass is 15.5. The summed E-state index contributed by atoms with van der Waals surface area (Å²) >= 11 is 0. The van der Waals surface area contributed by atoms with Crippen LogP contribution in [0.1, 0.15) is 62.0 Å². The van der Waals surface area contributed by atoms with Crippen molar-refractivity contribution >= 4 is 0 Å². The first-order valence-corrected chi connectivity index (χ1v) is 8.20. The predicted molar refractivity (Wildman–Crippen MR) is 88.8 cm³/mol. The van der Waals surface area contributed by atoms with Gasteiger partial charge in [-0.05, 0) is 23.5 Å². The Labute approximate surface area is 136 Å². The Balaban J connectivity index is 1.72. The van der Waals surface area contributed by atoms with Crippen molar-refractivity contribution in [3.63, 3.8) is 0 Å². The molecule has 0 radical (unpaired) electrons. The Morgan fingerprint density at radius 3 is 2.65 bits per heavy atom. The topological polar surface area (TPSA) is 48.5 Å². The smallest absolute Gasteiger partial charge is 0.240 e. The molecule has 0 saturated carbocycles. The van der Waals surface area contributed by atoms with Crippen molar-refractivity contribution in [2.75, 3.05) is 0 Å². The van der Waals surface area contributed by atoms with E-state index in [2.05, 4.69) is 54.8 Å². The molecule has 3 aromatic rings. The molecule has 0 fully saturated rings. The van der Waals surface area contributed by atoms with Gasteiger partial charge in [0, 0.05) is 12.1 Å². The fraction of sp³-hybridized carbons (Fsp3) is 0.389. The Kier molecular flexibility index (Phi) is 3.29. The van der Waals surface area contributed by atoms with Crippen LogP contribution in [0.2, 0.25) is 0 Å². The van der Waals surface area contributed by atoms with Crippen LogP contribution in [0, 0.1) is 0 Å². The van der Waals surface area contributed by atoms with Crippen LogP contribution in [0.3, 0.4) is 0 Å². The first kappa shape index (κ1) is 14.2. The van der Waals surface area contributed by atoms with Crippen LogP contribution in [-0.4, -0.2) is 24.5 Å². The van der Waals surface area contributed by atoms with E-state index in [0.29, 0.717) is 17.8 Å². The van der Waals surface area contributed by atoms with E-state index in [1.807, 2.05) is 18.5 Å². The fourth-order valence-corrected chi connectivity index (χ4v) is 3.22. The maximum atomic E-state index is 4.75. The number of benzene rings is 1. The molecular formula is C18H21N5. The number of fused-ring (bicyclic) bond motifs is 1. The van der Waals surface area contributed by atoms with Gasteiger partial charge < -0.3 is 0 Å². The van der Waals surface area contributed by atoms with E-state index in [1.54, 1.807) is 4.68 Å². The highest BCUT2D eigenvalue weighted by molar-refractivity contribution is 5.26. The Hall–Kier alpha value is -2.43. The Morgan fingerprint density at radius 1 is 1.17 bits per heavy atom. The fourth-order valence-electron chi connectivity index (χ4n) is 3.22. The maximum Gasteiger partial charge on any atom is 0.269 e. The van der Waals surface area contributed by atoms with Gasteiger partial charge in [-0.3, -0.25) is 0 Å². The van der Waals surface area contributed by atoms with Crippen molar-refractivity contribution in [3.8, 4) is 5.95 Å². The number of rotatable bonds is 3. The summed E-state index contributed by atoms with van der Waals surface area (Å²) in [6, 6.07) is 10.8. The largest absolute Gasteiger partial charge is 0.269 e. The molecule has 1 aliphatic heterocycles. The lowest BCUT2D eigenvalue weighted by atomic mass is 10.0. The van der Waals surface area contributed by atoms with Crippen molar-refractivity contribution in [2.45, 2.75) is 45.1 Å². The molecule has 2 atom stereocenters. The highest BCUT2D eigenvalue weighted by Crippen LogP contribution is 2.38. The summed E-state index contributed by atoms with van der Waals surface area (Å²) in [7, 11) is 0. The SMILES string of the molecule is CC(C)c1cnn(-c2nc3n(n2)[C@H](c2ccccc2)C[C@@H]3C)c1. The van der Waals surface area contributed by atoms with Crippen LogP contribution in [0.5, 0.6) is 0 Å². The lowest BCUT2D eigenvalue weighted by Gasteiger charge is -2.11. The van der Waals surface area contributed by atoms with Crippen molar-refractivity contribution in [2.24, 2.45) is 0 Å². The summed E-state index contributed by atoms with van der Waals surface area (Å²) in [6.07, 6.45) is 4.98. The lowest BCUT2D eigenvalue weighted by molar-refractivity contribution is 0.538. The molecule has 0 aliphatic carbocycles. The van der Waals surface area contributed by atoms with E-state index in [1.165, 1.54) is 11.1 Å². The van der Waals surface area contributed by atoms with Gasteiger partial charge in [0.1, 0.15) is 5.82 Å². The molecule has 0 spiro atoms. The minimum atomic E-state index is 0.266. The van der Waals surface area contributed by atoms with Crippen LogP contribution in [0.25, 0.3) is 5.95 Å². The first-order chi connectivity index (χ1) is 11.1. The van der Waals surface area contributed by atoms with Crippen molar-refractivity contribution in [1.29, 1.82) is 0 Å². The van der Waals surface area contributed by atoms with Crippen molar-refractivity contribution in [3.05, 3.63) is 59.7 Å². The molecule has 0 amide bonds. The molecule has 5 nitrogen and oxygen atoms in total. The zero-order valence-electron chi connectivity index (χ0n) is 13.7. The molecule has 0 N–H and O–H groups in total. The van der Waals surface area contributed by atoms with Crippen molar-refractivity contribution in [1.82, 2.24) is 24.5 Å². The van der Waals surface area contributed by atoms with E-state index in [0.717, 1.165) is 12.2 Å². The van der Waals surface area contributed by atoms with Gasteiger partial charge in [0.25, 0.3) is 5.95 Å². The van der Waals surface area contributed by atoms with Gasteiger partial charge in [-0.25, -0.2) is 9.36 Å². The zero-order valence-corrected chi connectivity index (χ0v) is 13.7. The number of nitrogens with zero attached hydrogens (tertiary/aromatic N) is 5. The average Bonchev–Trinajstić information content (AvgIpc) is 3.24. The summed E-state index contributed by atoms with van der Waals surface area (Å²) in [4.78, 5) is 4.74. The lowest BCUT2D eigenvalue weighted by Crippen LogP contribution is -2.08. The number of aromatic nitrogens is 5. The summed E-state index contributed by atoms with van der Waals surface area (Å²) in [5.74, 6) is 2.57. The van der Waals surface area contributed by atoms with Gasteiger partial charge in [0.2, 0.25) is 0 Å². The average molecular weight is 307 g/mol. The molecule has 0 saturated heterocycles. The van der Waals surface area contributed by atoms with Crippen LogP contribution in [0.15, 0.2) is 42.7 Å². The molecule has 1 aromatic carbocycles. The van der Waals surface area contributed by atoms with E-state index in [4.69, 9.17) is 10.1 Å². The maximum absolute atomic E-state index is 4.75. The molecular weight excluding hydrogens is 286 g/mol. The normalized spacial score (nSPS) is 20.2. The summed E-state index contributed by atoms with van der Waals surface area (Å²) in [5, 5.41) is 9.17. The van der Waals surface area contributed by atoms with E-state index in [-0.39, 0.29) is 6.04 Å². The second-order valence-corrected chi connectivity index (χ2v) is 6.65. The molecule has 5 heteroatoms. The van der Waals surface area contributed by atoms with Crippen LogP contribution >= 0.6 is 0 Å². The minimum Gasteiger partial charge on any atom is -0.240 e. The first-order valence-electron chi connectivity index (χ1n) is 8.20. The van der Waals surface area contributed by atoms with Gasteiger partial charge in [-0.2, -0.15) is 10.1 Å². The van der Waals surface area contributed by atoms with Gasteiger partial charge >= 0.3 is 0 Å². The molecule has 0 bridgehead atoms. The Morgan fingerprint density at radius 2 is 1.96 bits per heavy atom. The zero-order chi connectivity index (χ0) is 16.0. The third kappa shape index (κ3) is 2.36. The standard InChI is InChI=1S/C18H21N5/c1-12(2)15-10-19-22(11-15)18-20-17-13(3)9-16(23(17)21-18)14-7-5-4-6-8-14/h4-8,10-13,16H,9H2,1-3H3/t13-,16-/m0/s1. The molecule has 23 heavy (non-hydrogen) atoms. The summed E-state index contributed by atoms with van der Waals surface area (Å²) in [5.41, 5.74) is 2.49. The van der Waals surface area contributed by atoms with Crippen LogP contribution in [-0.2, 0) is 0 Å².